The van der Waals surface area contributed by atoms with Crippen LogP contribution >= 0.6 is 0 Å². The molecule has 1 unspecified atom stereocenters. The van der Waals surface area contributed by atoms with Crippen molar-refractivity contribution in [3.8, 4) is 0 Å². The number of unbranched alkanes of at least 4 members (excludes halogenated alkanes) is 5. The normalized spacial score (nSPS) is 12.1. The van der Waals surface area contributed by atoms with Crippen LogP contribution in [0.25, 0.3) is 0 Å². The third-order valence-electron chi connectivity index (χ3n) is 4.81. The third-order valence-corrected chi connectivity index (χ3v) is 4.81. The van der Waals surface area contributed by atoms with Gasteiger partial charge in [-0.25, -0.2) is 9.59 Å². The zero-order valence-electron chi connectivity index (χ0n) is 17.2. The van der Waals surface area contributed by atoms with Crippen LogP contribution < -0.4 is 0 Å². The molecule has 0 aliphatic heterocycles. The second-order valence-corrected chi connectivity index (χ2v) is 7.79. The van der Waals surface area contributed by atoms with Crippen LogP contribution in [0.15, 0.2) is 24.3 Å². The van der Waals surface area contributed by atoms with E-state index in [-0.39, 0.29) is 11.7 Å². The molecule has 0 aliphatic carbocycles. The average molecular weight is 377 g/mol. The van der Waals surface area contributed by atoms with Crippen molar-refractivity contribution in [2.45, 2.75) is 91.1 Å². The van der Waals surface area contributed by atoms with Crippen LogP contribution in [0.5, 0.6) is 0 Å². The van der Waals surface area contributed by atoms with Gasteiger partial charge >= 0.3 is 11.9 Å². The summed E-state index contributed by atoms with van der Waals surface area (Å²) < 4.78 is 5.73. The van der Waals surface area contributed by atoms with E-state index < -0.39 is 11.9 Å². The van der Waals surface area contributed by atoms with E-state index in [0.717, 1.165) is 44.4 Å². The molecule has 0 fully saturated rings. The van der Waals surface area contributed by atoms with Gasteiger partial charge in [-0.15, -0.1) is 0 Å². The lowest BCUT2D eigenvalue weighted by Crippen LogP contribution is -2.19. The number of aromatic carboxylic acids is 1. The summed E-state index contributed by atoms with van der Waals surface area (Å²) in [5.74, 6) is -0.695. The molecule has 0 radical (unpaired) electrons. The molecule has 0 spiro atoms. The molecule has 0 aliphatic rings. The minimum absolute atomic E-state index is 0.0809. The van der Waals surface area contributed by atoms with E-state index in [1.165, 1.54) is 37.8 Å². The Labute approximate surface area is 164 Å². The van der Waals surface area contributed by atoms with Crippen LogP contribution in [0.2, 0.25) is 0 Å². The monoisotopic (exact) mass is 376 g/mol. The SMILES string of the molecule is CCCCCC(CCCCCCC(C)C)OC(=O)c1cccc(C(=O)O)c1. The second-order valence-electron chi connectivity index (χ2n) is 7.79. The van der Waals surface area contributed by atoms with Gasteiger partial charge in [0.2, 0.25) is 0 Å². The van der Waals surface area contributed by atoms with Gasteiger partial charge in [0.05, 0.1) is 11.1 Å². The molecule has 0 saturated heterocycles. The minimum Gasteiger partial charge on any atom is -0.478 e. The summed E-state index contributed by atoms with van der Waals surface area (Å²) in [5.41, 5.74) is 0.421. The van der Waals surface area contributed by atoms with Crippen molar-refractivity contribution in [2.24, 2.45) is 5.92 Å². The summed E-state index contributed by atoms with van der Waals surface area (Å²) in [6, 6.07) is 6.07. The first kappa shape index (κ1) is 23.2. The Morgan fingerprint density at radius 2 is 1.52 bits per heavy atom. The Balaban J connectivity index is 2.53. The highest BCUT2D eigenvalue weighted by molar-refractivity contribution is 5.94. The molecule has 1 atom stereocenters. The fourth-order valence-corrected chi connectivity index (χ4v) is 3.16. The Morgan fingerprint density at radius 3 is 2.11 bits per heavy atom. The Kier molecular flexibility index (Phi) is 11.5. The number of carbonyl (C=O) groups is 2. The van der Waals surface area contributed by atoms with Gasteiger partial charge in [-0.05, 0) is 49.8 Å². The van der Waals surface area contributed by atoms with Crippen molar-refractivity contribution in [3.63, 3.8) is 0 Å². The highest BCUT2D eigenvalue weighted by Crippen LogP contribution is 2.18. The first-order valence-corrected chi connectivity index (χ1v) is 10.5. The van der Waals surface area contributed by atoms with Gasteiger partial charge in [0, 0.05) is 0 Å². The maximum absolute atomic E-state index is 12.5. The highest BCUT2D eigenvalue weighted by atomic mass is 16.5. The molecular weight excluding hydrogens is 340 g/mol. The lowest BCUT2D eigenvalue weighted by atomic mass is 10.0. The van der Waals surface area contributed by atoms with Crippen molar-refractivity contribution >= 4 is 11.9 Å². The van der Waals surface area contributed by atoms with Gasteiger partial charge in [-0.1, -0.05) is 65.4 Å². The number of benzene rings is 1. The number of carbonyl (C=O) groups excluding carboxylic acids is 1. The van der Waals surface area contributed by atoms with E-state index in [4.69, 9.17) is 9.84 Å². The predicted octanol–water partition coefficient (Wildman–Crippen LogP) is 6.49. The zero-order valence-corrected chi connectivity index (χ0v) is 17.2. The molecule has 0 aromatic heterocycles. The second kappa shape index (κ2) is 13.3. The van der Waals surface area contributed by atoms with Crippen molar-refractivity contribution in [1.82, 2.24) is 0 Å². The van der Waals surface area contributed by atoms with Gasteiger partial charge in [0.25, 0.3) is 0 Å². The summed E-state index contributed by atoms with van der Waals surface area (Å²) >= 11 is 0. The molecule has 1 N–H and O–H groups in total. The lowest BCUT2D eigenvalue weighted by molar-refractivity contribution is 0.0249. The van der Waals surface area contributed by atoms with Gasteiger partial charge in [0.1, 0.15) is 6.10 Å². The number of ether oxygens (including phenoxy) is 1. The molecule has 27 heavy (non-hydrogen) atoms. The standard InChI is InChI=1S/C23H36O4/c1-4-5-8-15-21(16-10-7-6-9-12-18(2)3)27-23(26)20-14-11-13-19(17-20)22(24)25/h11,13-14,17-18,21H,4-10,12,15-16H2,1-3H3,(H,24,25). The maximum atomic E-state index is 12.5. The fourth-order valence-electron chi connectivity index (χ4n) is 3.16. The Hall–Kier alpha value is -1.84. The summed E-state index contributed by atoms with van der Waals surface area (Å²) in [5, 5.41) is 9.09. The van der Waals surface area contributed by atoms with E-state index >= 15 is 0 Å². The predicted molar refractivity (Wildman–Crippen MR) is 109 cm³/mol. The number of esters is 1. The fraction of sp³-hybridized carbons (Fsp3) is 0.652. The van der Waals surface area contributed by atoms with E-state index in [0.29, 0.717) is 5.56 Å². The molecule has 0 bridgehead atoms. The molecule has 152 valence electrons. The van der Waals surface area contributed by atoms with Gasteiger partial charge < -0.3 is 9.84 Å². The molecule has 1 aromatic carbocycles. The quantitative estimate of drug-likeness (QED) is 0.298. The summed E-state index contributed by atoms with van der Waals surface area (Å²) in [7, 11) is 0. The topological polar surface area (TPSA) is 63.6 Å². The largest absolute Gasteiger partial charge is 0.478 e. The first-order chi connectivity index (χ1) is 12.9. The van der Waals surface area contributed by atoms with Crippen LogP contribution in [-0.2, 0) is 4.74 Å². The van der Waals surface area contributed by atoms with E-state index in [1.54, 1.807) is 12.1 Å². The van der Waals surface area contributed by atoms with Crippen molar-refractivity contribution in [1.29, 1.82) is 0 Å². The van der Waals surface area contributed by atoms with Gasteiger partial charge in [-0.2, -0.15) is 0 Å². The summed E-state index contributed by atoms with van der Waals surface area (Å²) in [6.07, 6.45) is 11.0. The molecule has 0 saturated carbocycles. The van der Waals surface area contributed by atoms with E-state index in [2.05, 4.69) is 20.8 Å². The summed E-state index contributed by atoms with van der Waals surface area (Å²) in [4.78, 5) is 23.5. The highest BCUT2D eigenvalue weighted by Gasteiger charge is 2.17. The number of hydrogen-bond donors (Lipinski definition) is 1. The average Bonchev–Trinajstić information content (AvgIpc) is 2.64. The Morgan fingerprint density at radius 1 is 0.926 bits per heavy atom. The molecule has 0 amide bonds. The van der Waals surface area contributed by atoms with Crippen LogP contribution in [0, 0.1) is 5.92 Å². The smallest absolute Gasteiger partial charge is 0.338 e. The van der Waals surface area contributed by atoms with Crippen molar-refractivity contribution < 1.29 is 19.4 Å². The third kappa shape index (κ3) is 10.2. The number of carboxylic acids is 1. The van der Waals surface area contributed by atoms with Crippen LogP contribution in [-0.4, -0.2) is 23.1 Å². The number of hydrogen-bond acceptors (Lipinski definition) is 3. The van der Waals surface area contributed by atoms with E-state index in [9.17, 15) is 9.59 Å². The lowest BCUT2D eigenvalue weighted by Gasteiger charge is -2.18. The molecule has 1 aromatic rings. The minimum atomic E-state index is -1.04. The zero-order chi connectivity index (χ0) is 20.1. The molecule has 0 heterocycles. The van der Waals surface area contributed by atoms with Gasteiger partial charge in [-0.3, -0.25) is 0 Å². The van der Waals surface area contributed by atoms with Crippen LogP contribution in [0.3, 0.4) is 0 Å². The van der Waals surface area contributed by atoms with Crippen LogP contribution in [0.4, 0.5) is 0 Å². The molecule has 4 heteroatoms. The first-order valence-electron chi connectivity index (χ1n) is 10.5. The van der Waals surface area contributed by atoms with Gasteiger partial charge in [0.15, 0.2) is 0 Å². The Bertz CT molecular complexity index is 565. The molecule has 1 rings (SSSR count). The van der Waals surface area contributed by atoms with Crippen molar-refractivity contribution in [2.75, 3.05) is 0 Å². The van der Waals surface area contributed by atoms with Crippen molar-refractivity contribution in [3.05, 3.63) is 35.4 Å². The summed E-state index contributed by atoms with van der Waals surface area (Å²) in [6.45, 7) is 6.66. The number of rotatable bonds is 14. The van der Waals surface area contributed by atoms with Crippen LogP contribution in [0.1, 0.15) is 106 Å². The number of carboxylic acid groups (broad SMARTS) is 1. The maximum Gasteiger partial charge on any atom is 0.338 e. The molecule has 4 nitrogen and oxygen atoms in total. The molecular formula is C23H36O4. The van der Waals surface area contributed by atoms with E-state index in [1.807, 2.05) is 0 Å².